The van der Waals surface area contributed by atoms with Crippen LogP contribution in [0, 0.1) is 0 Å². The van der Waals surface area contributed by atoms with E-state index in [1.807, 2.05) is 0 Å². The Morgan fingerprint density at radius 2 is 2.36 bits per heavy atom. The van der Waals surface area contributed by atoms with Gasteiger partial charge in [0.25, 0.3) is 0 Å². The zero-order chi connectivity index (χ0) is 10.8. The third kappa shape index (κ3) is 3.39. The Bertz CT molecular complexity index is 436. The molecule has 0 bridgehead atoms. The van der Waals surface area contributed by atoms with Gasteiger partial charge in [-0.25, -0.2) is 13.1 Å². The predicted molar refractivity (Wildman–Crippen MR) is 46.1 cm³/mol. The van der Waals surface area contributed by atoms with Gasteiger partial charge in [-0.2, -0.15) is 0 Å². The van der Waals surface area contributed by atoms with Gasteiger partial charge in [-0.3, -0.25) is 9.52 Å². The Labute approximate surface area is 79.6 Å². The smallest absolute Gasteiger partial charge is 0.325 e. The Morgan fingerprint density at radius 1 is 1.71 bits per heavy atom. The molecule has 0 unspecified atom stereocenters. The number of sulfonamides is 1. The molecule has 0 atom stereocenters. The summed E-state index contributed by atoms with van der Waals surface area (Å²) in [5.41, 5.74) is 0. The standard InChI is InChI=1S/C5H8N4O4S/c1-14(12,13)7-4-2-9(8-6-4)3-5(10)11/h2,7H,3H2,1H3,(H,10,11). The van der Waals surface area contributed by atoms with Crippen LogP contribution in [0.25, 0.3) is 0 Å². The predicted octanol–water partition coefficient (Wildman–Crippen LogP) is -1.27. The summed E-state index contributed by atoms with van der Waals surface area (Å²) < 4.78 is 24.5. The van der Waals surface area contributed by atoms with Crippen molar-refractivity contribution in [1.29, 1.82) is 0 Å². The maximum absolute atomic E-state index is 10.7. The van der Waals surface area contributed by atoms with Crippen LogP contribution >= 0.6 is 0 Å². The lowest BCUT2D eigenvalue weighted by Crippen LogP contribution is -2.10. The van der Waals surface area contributed by atoms with Crippen molar-refractivity contribution in [3.63, 3.8) is 0 Å². The van der Waals surface area contributed by atoms with Crippen molar-refractivity contribution in [2.24, 2.45) is 0 Å². The molecule has 0 saturated heterocycles. The second-order valence-electron chi connectivity index (χ2n) is 2.57. The van der Waals surface area contributed by atoms with E-state index < -0.39 is 16.0 Å². The van der Waals surface area contributed by atoms with E-state index >= 15 is 0 Å². The van der Waals surface area contributed by atoms with Crippen molar-refractivity contribution >= 4 is 21.8 Å². The molecule has 0 saturated carbocycles. The fourth-order valence-corrected chi connectivity index (χ4v) is 1.22. The molecule has 78 valence electrons. The number of carbonyl (C=O) groups is 1. The van der Waals surface area contributed by atoms with E-state index in [9.17, 15) is 13.2 Å². The maximum Gasteiger partial charge on any atom is 0.325 e. The molecule has 0 radical (unpaired) electrons. The van der Waals surface area contributed by atoms with Crippen LogP contribution in [0.1, 0.15) is 0 Å². The zero-order valence-electron chi connectivity index (χ0n) is 7.21. The van der Waals surface area contributed by atoms with Crippen LogP contribution in [0.15, 0.2) is 6.20 Å². The Balaban J connectivity index is 2.74. The molecular weight excluding hydrogens is 212 g/mol. The number of nitrogens with one attached hydrogen (secondary N) is 1. The number of carboxylic acid groups (broad SMARTS) is 1. The summed E-state index contributed by atoms with van der Waals surface area (Å²) in [6.07, 6.45) is 2.15. The Morgan fingerprint density at radius 3 is 2.86 bits per heavy atom. The first kappa shape index (κ1) is 10.4. The van der Waals surface area contributed by atoms with Crippen LogP contribution in [0.2, 0.25) is 0 Å². The minimum absolute atomic E-state index is 0.00579. The lowest BCUT2D eigenvalue weighted by molar-refractivity contribution is -0.137. The number of aromatic nitrogens is 3. The van der Waals surface area contributed by atoms with Gasteiger partial charge in [0.15, 0.2) is 5.82 Å². The van der Waals surface area contributed by atoms with Crippen LogP contribution < -0.4 is 4.72 Å². The highest BCUT2D eigenvalue weighted by molar-refractivity contribution is 7.92. The largest absolute Gasteiger partial charge is 0.480 e. The summed E-state index contributed by atoms with van der Waals surface area (Å²) >= 11 is 0. The number of rotatable bonds is 4. The lowest BCUT2D eigenvalue weighted by Gasteiger charge is -1.95. The van der Waals surface area contributed by atoms with Crippen molar-refractivity contribution in [2.75, 3.05) is 11.0 Å². The van der Waals surface area contributed by atoms with Gasteiger partial charge >= 0.3 is 5.97 Å². The summed E-state index contributed by atoms with van der Waals surface area (Å²) in [5, 5.41) is 15.2. The SMILES string of the molecule is CS(=O)(=O)Nc1cn(CC(=O)O)nn1. The minimum atomic E-state index is -3.41. The number of nitrogens with zero attached hydrogens (tertiary/aromatic N) is 3. The highest BCUT2D eigenvalue weighted by Gasteiger charge is 2.07. The van der Waals surface area contributed by atoms with E-state index in [-0.39, 0.29) is 12.4 Å². The highest BCUT2D eigenvalue weighted by Crippen LogP contribution is 2.01. The molecule has 0 amide bonds. The van der Waals surface area contributed by atoms with Gasteiger partial charge in [-0.1, -0.05) is 5.21 Å². The first-order valence-corrected chi connectivity index (χ1v) is 5.36. The molecule has 0 spiro atoms. The highest BCUT2D eigenvalue weighted by atomic mass is 32.2. The summed E-state index contributed by atoms with van der Waals surface area (Å²) in [7, 11) is -3.41. The molecule has 2 N–H and O–H groups in total. The van der Waals surface area contributed by atoms with Gasteiger partial charge < -0.3 is 5.11 Å². The Kier molecular flexibility index (Phi) is 2.70. The molecule has 9 heteroatoms. The van der Waals surface area contributed by atoms with Gasteiger partial charge in [0.2, 0.25) is 10.0 Å². The van der Waals surface area contributed by atoms with Crippen LogP contribution in [0.4, 0.5) is 5.82 Å². The fraction of sp³-hybridized carbons (Fsp3) is 0.400. The van der Waals surface area contributed by atoms with E-state index in [1.54, 1.807) is 0 Å². The number of anilines is 1. The Hall–Kier alpha value is -1.64. The number of hydrogen-bond donors (Lipinski definition) is 2. The van der Waals surface area contributed by atoms with E-state index in [0.29, 0.717) is 0 Å². The van der Waals surface area contributed by atoms with Crippen molar-refractivity contribution in [2.45, 2.75) is 6.54 Å². The van der Waals surface area contributed by atoms with E-state index in [2.05, 4.69) is 15.0 Å². The van der Waals surface area contributed by atoms with Crippen LogP contribution in [-0.2, 0) is 21.4 Å². The molecule has 1 aromatic rings. The van der Waals surface area contributed by atoms with Crippen LogP contribution in [-0.4, -0.2) is 40.7 Å². The molecule has 14 heavy (non-hydrogen) atoms. The topological polar surface area (TPSA) is 114 Å². The van der Waals surface area contributed by atoms with Crippen molar-refractivity contribution in [3.05, 3.63) is 6.20 Å². The van der Waals surface area contributed by atoms with Crippen molar-refractivity contribution in [3.8, 4) is 0 Å². The van der Waals surface area contributed by atoms with Crippen LogP contribution in [0.5, 0.6) is 0 Å². The van der Waals surface area contributed by atoms with Crippen LogP contribution in [0.3, 0.4) is 0 Å². The minimum Gasteiger partial charge on any atom is -0.480 e. The third-order valence-corrected chi connectivity index (χ3v) is 1.71. The first-order valence-electron chi connectivity index (χ1n) is 3.46. The second-order valence-corrected chi connectivity index (χ2v) is 4.32. The summed E-state index contributed by atoms with van der Waals surface area (Å²) in [6.45, 7) is -0.363. The summed E-state index contributed by atoms with van der Waals surface area (Å²) in [4.78, 5) is 10.2. The normalized spacial score (nSPS) is 11.2. The molecule has 8 nitrogen and oxygen atoms in total. The van der Waals surface area contributed by atoms with Gasteiger partial charge in [0.1, 0.15) is 6.54 Å². The van der Waals surface area contributed by atoms with Gasteiger partial charge in [-0.15, -0.1) is 5.10 Å². The summed E-state index contributed by atoms with van der Waals surface area (Å²) in [6, 6.07) is 0. The molecule has 0 aliphatic heterocycles. The molecule has 1 heterocycles. The van der Waals surface area contributed by atoms with Gasteiger partial charge in [0, 0.05) is 0 Å². The first-order chi connectivity index (χ1) is 6.37. The third-order valence-electron chi connectivity index (χ3n) is 1.13. The summed E-state index contributed by atoms with van der Waals surface area (Å²) in [5.74, 6) is -1.09. The monoisotopic (exact) mass is 220 g/mol. The second kappa shape index (κ2) is 3.62. The molecule has 0 aliphatic rings. The quantitative estimate of drug-likeness (QED) is 0.654. The average Bonchev–Trinajstić information content (AvgIpc) is 2.30. The number of carboxylic acids is 1. The number of hydrogen-bond acceptors (Lipinski definition) is 5. The maximum atomic E-state index is 10.7. The molecular formula is C5H8N4O4S. The van der Waals surface area contributed by atoms with Crippen molar-refractivity contribution < 1.29 is 18.3 Å². The molecule has 1 rings (SSSR count). The average molecular weight is 220 g/mol. The van der Waals surface area contributed by atoms with Crippen molar-refractivity contribution in [1.82, 2.24) is 15.0 Å². The lowest BCUT2D eigenvalue weighted by atomic mass is 10.6. The van der Waals surface area contributed by atoms with Gasteiger partial charge in [-0.05, 0) is 0 Å². The molecule has 1 aromatic heterocycles. The zero-order valence-corrected chi connectivity index (χ0v) is 8.02. The molecule has 0 fully saturated rings. The molecule has 0 aliphatic carbocycles. The van der Waals surface area contributed by atoms with Gasteiger partial charge in [0.05, 0.1) is 12.5 Å². The number of aliphatic carboxylic acids is 1. The fourth-order valence-electron chi connectivity index (χ4n) is 0.751. The van der Waals surface area contributed by atoms with E-state index in [4.69, 9.17) is 5.11 Å². The van der Waals surface area contributed by atoms with E-state index in [1.165, 1.54) is 6.20 Å². The van der Waals surface area contributed by atoms with E-state index in [0.717, 1.165) is 10.9 Å². The molecule has 0 aromatic carbocycles.